The summed E-state index contributed by atoms with van der Waals surface area (Å²) in [6.07, 6.45) is 1.82. The Bertz CT molecular complexity index is 574. The van der Waals surface area contributed by atoms with E-state index in [4.69, 9.17) is 17.4 Å². The minimum absolute atomic E-state index is 0.149. The molecule has 0 amide bonds. The van der Waals surface area contributed by atoms with Gasteiger partial charge in [0.2, 0.25) is 0 Å². The predicted octanol–water partition coefficient (Wildman–Crippen LogP) is 4.67. The van der Waals surface area contributed by atoms with Crippen molar-refractivity contribution in [2.45, 2.75) is 31.7 Å². The highest BCUT2D eigenvalue weighted by Crippen LogP contribution is 2.28. The lowest BCUT2D eigenvalue weighted by atomic mass is 9.86. The molecule has 112 valence electrons. The number of hydrazine groups is 1. The topological polar surface area (TPSA) is 38.0 Å². The summed E-state index contributed by atoms with van der Waals surface area (Å²) in [7, 11) is 0. The van der Waals surface area contributed by atoms with Crippen LogP contribution in [0.1, 0.15) is 30.4 Å². The van der Waals surface area contributed by atoms with Gasteiger partial charge in [-0.05, 0) is 36.1 Å². The summed E-state index contributed by atoms with van der Waals surface area (Å²) in [6.45, 7) is 2.19. The molecule has 2 rings (SSSR count). The van der Waals surface area contributed by atoms with Crippen LogP contribution in [-0.2, 0) is 6.42 Å². The number of halogens is 2. The molecule has 0 aliphatic heterocycles. The molecule has 0 heterocycles. The van der Waals surface area contributed by atoms with Crippen molar-refractivity contribution in [1.82, 2.24) is 5.43 Å². The number of benzene rings is 2. The molecular weight excluding hydrogens is 348 g/mol. The molecule has 2 atom stereocenters. The van der Waals surface area contributed by atoms with Gasteiger partial charge in [0, 0.05) is 21.5 Å². The van der Waals surface area contributed by atoms with E-state index in [1.54, 1.807) is 0 Å². The van der Waals surface area contributed by atoms with Crippen molar-refractivity contribution in [1.29, 1.82) is 0 Å². The van der Waals surface area contributed by atoms with Gasteiger partial charge in [-0.1, -0.05) is 70.9 Å². The summed E-state index contributed by atoms with van der Waals surface area (Å²) in [6, 6.07) is 16.6. The first-order valence-electron chi connectivity index (χ1n) is 7.10. The van der Waals surface area contributed by atoms with Crippen molar-refractivity contribution < 1.29 is 0 Å². The van der Waals surface area contributed by atoms with Gasteiger partial charge in [0.05, 0.1) is 0 Å². The third kappa shape index (κ3) is 4.30. The van der Waals surface area contributed by atoms with E-state index in [1.807, 2.05) is 18.2 Å². The van der Waals surface area contributed by atoms with Crippen LogP contribution in [0.25, 0.3) is 0 Å². The van der Waals surface area contributed by atoms with Crippen LogP contribution in [0.4, 0.5) is 0 Å². The van der Waals surface area contributed by atoms with Crippen LogP contribution in [0.5, 0.6) is 0 Å². The van der Waals surface area contributed by atoms with Gasteiger partial charge in [0.25, 0.3) is 0 Å². The Morgan fingerprint density at radius 1 is 1.19 bits per heavy atom. The van der Waals surface area contributed by atoms with Gasteiger partial charge in [-0.2, -0.15) is 0 Å². The van der Waals surface area contributed by atoms with E-state index in [0.29, 0.717) is 5.92 Å². The zero-order chi connectivity index (χ0) is 15.2. The summed E-state index contributed by atoms with van der Waals surface area (Å²) in [5.74, 6) is 6.17. The standard InChI is InChI=1S/C17H20BrClN2/c1-2-15(12-6-4-3-5-7-12)17(21-20)10-13-8-9-14(18)11-16(13)19/h3-9,11,15,17,21H,2,10,20H2,1H3. The largest absolute Gasteiger partial charge is 0.271 e. The van der Waals surface area contributed by atoms with Gasteiger partial charge >= 0.3 is 0 Å². The van der Waals surface area contributed by atoms with Crippen LogP contribution in [-0.4, -0.2) is 6.04 Å². The predicted molar refractivity (Wildman–Crippen MR) is 93.4 cm³/mol. The first-order valence-corrected chi connectivity index (χ1v) is 8.27. The minimum atomic E-state index is 0.149. The molecule has 4 heteroatoms. The normalized spacial score (nSPS) is 13.9. The summed E-state index contributed by atoms with van der Waals surface area (Å²) in [4.78, 5) is 0. The second kappa shape index (κ2) is 7.95. The van der Waals surface area contributed by atoms with E-state index in [1.165, 1.54) is 5.56 Å². The maximum absolute atomic E-state index is 6.33. The maximum atomic E-state index is 6.33. The molecule has 0 fully saturated rings. The average Bonchev–Trinajstić information content (AvgIpc) is 2.50. The molecule has 2 nitrogen and oxygen atoms in total. The molecule has 0 aliphatic rings. The highest BCUT2D eigenvalue weighted by Gasteiger charge is 2.21. The number of hydrogen-bond acceptors (Lipinski definition) is 2. The fourth-order valence-electron chi connectivity index (χ4n) is 2.69. The average molecular weight is 368 g/mol. The van der Waals surface area contributed by atoms with Crippen molar-refractivity contribution in [3.8, 4) is 0 Å². The molecule has 0 spiro atoms. The van der Waals surface area contributed by atoms with Crippen LogP contribution in [0.2, 0.25) is 5.02 Å². The molecular formula is C17H20BrClN2. The van der Waals surface area contributed by atoms with E-state index in [2.05, 4.69) is 58.6 Å². The minimum Gasteiger partial charge on any atom is -0.271 e. The van der Waals surface area contributed by atoms with E-state index in [9.17, 15) is 0 Å². The third-order valence-corrected chi connectivity index (χ3v) is 4.67. The van der Waals surface area contributed by atoms with Crippen molar-refractivity contribution in [2.75, 3.05) is 0 Å². The quantitative estimate of drug-likeness (QED) is 0.575. The fraction of sp³-hybridized carbons (Fsp3) is 0.294. The van der Waals surface area contributed by atoms with E-state index in [0.717, 1.165) is 27.9 Å². The maximum Gasteiger partial charge on any atom is 0.0449 e. The van der Waals surface area contributed by atoms with Crippen LogP contribution in [0.15, 0.2) is 53.0 Å². The Morgan fingerprint density at radius 2 is 1.90 bits per heavy atom. The van der Waals surface area contributed by atoms with E-state index < -0.39 is 0 Å². The smallest absolute Gasteiger partial charge is 0.0449 e. The lowest BCUT2D eigenvalue weighted by molar-refractivity contribution is 0.427. The molecule has 3 N–H and O–H groups in total. The molecule has 0 bridgehead atoms. The molecule has 2 aromatic rings. The van der Waals surface area contributed by atoms with Gasteiger partial charge in [-0.25, -0.2) is 0 Å². The number of hydrogen-bond donors (Lipinski definition) is 2. The Kier molecular flexibility index (Phi) is 6.24. The summed E-state index contributed by atoms with van der Waals surface area (Å²) in [5, 5.41) is 0.771. The SMILES string of the molecule is CCC(c1ccccc1)C(Cc1ccc(Br)cc1Cl)NN. The van der Waals surface area contributed by atoms with Crippen molar-refractivity contribution in [3.05, 3.63) is 69.2 Å². The molecule has 21 heavy (non-hydrogen) atoms. The first-order chi connectivity index (χ1) is 10.2. The lowest BCUT2D eigenvalue weighted by Crippen LogP contribution is -2.41. The van der Waals surface area contributed by atoms with Crippen LogP contribution in [0, 0.1) is 0 Å². The lowest BCUT2D eigenvalue weighted by Gasteiger charge is -2.26. The second-order valence-corrected chi connectivity index (χ2v) is 6.46. The Labute approximate surface area is 139 Å². The highest BCUT2D eigenvalue weighted by atomic mass is 79.9. The Balaban J connectivity index is 2.22. The second-order valence-electron chi connectivity index (χ2n) is 5.14. The molecule has 0 saturated carbocycles. The van der Waals surface area contributed by atoms with Gasteiger partial charge in [-0.15, -0.1) is 0 Å². The van der Waals surface area contributed by atoms with Gasteiger partial charge in [0.15, 0.2) is 0 Å². The Hall–Kier alpha value is -0.870. The third-order valence-electron chi connectivity index (χ3n) is 3.82. The summed E-state index contributed by atoms with van der Waals surface area (Å²) >= 11 is 9.76. The molecule has 0 aromatic heterocycles. The van der Waals surface area contributed by atoms with Crippen LogP contribution in [0.3, 0.4) is 0 Å². The monoisotopic (exact) mass is 366 g/mol. The molecule has 0 aliphatic carbocycles. The van der Waals surface area contributed by atoms with E-state index >= 15 is 0 Å². The fourth-order valence-corrected chi connectivity index (χ4v) is 3.44. The number of rotatable bonds is 6. The van der Waals surface area contributed by atoms with Gasteiger partial charge < -0.3 is 0 Å². The molecule has 2 unspecified atom stereocenters. The van der Waals surface area contributed by atoms with Gasteiger partial charge in [-0.3, -0.25) is 11.3 Å². The zero-order valence-corrected chi connectivity index (χ0v) is 14.4. The molecule has 0 saturated heterocycles. The summed E-state index contributed by atoms with van der Waals surface area (Å²) in [5.41, 5.74) is 5.38. The van der Waals surface area contributed by atoms with Crippen LogP contribution < -0.4 is 11.3 Å². The number of nitrogens with two attached hydrogens (primary N) is 1. The number of nitrogens with one attached hydrogen (secondary N) is 1. The van der Waals surface area contributed by atoms with Crippen LogP contribution >= 0.6 is 27.5 Å². The summed E-state index contributed by atoms with van der Waals surface area (Å²) < 4.78 is 0.989. The molecule has 0 radical (unpaired) electrons. The first kappa shape index (κ1) is 16.5. The van der Waals surface area contributed by atoms with Crippen molar-refractivity contribution >= 4 is 27.5 Å². The Morgan fingerprint density at radius 3 is 2.48 bits per heavy atom. The van der Waals surface area contributed by atoms with Crippen molar-refractivity contribution in [2.24, 2.45) is 5.84 Å². The highest BCUT2D eigenvalue weighted by molar-refractivity contribution is 9.10. The van der Waals surface area contributed by atoms with Gasteiger partial charge in [0.1, 0.15) is 0 Å². The molecule has 2 aromatic carbocycles. The van der Waals surface area contributed by atoms with Crippen molar-refractivity contribution in [3.63, 3.8) is 0 Å². The zero-order valence-electron chi connectivity index (χ0n) is 12.0. The van der Waals surface area contributed by atoms with E-state index in [-0.39, 0.29) is 6.04 Å².